The van der Waals surface area contributed by atoms with Crippen LogP contribution in [0.4, 0.5) is 15.8 Å². The normalized spacial score (nSPS) is 23.6. The summed E-state index contributed by atoms with van der Waals surface area (Å²) in [5.74, 6) is -1.93. The second-order valence-corrected chi connectivity index (χ2v) is 7.18. The first-order valence-electron chi connectivity index (χ1n) is 9.17. The fourth-order valence-corrected chi connectivity index (χ4v) is 3.92. The highest BCUT2D eigenvalue weighted by Gasteiger charge is 2.50. The molecule has 1 aliphatic heterocycles. The molecule has 6 heteroatoms. The zero-order chi connectivity index (χ0) is 19.8. The van der Waals surface area contributed by atoms with Crippen LogP contribution in [0.15, 0.2) is 60.7 Å². The fraction of sp³-hybridized carbons (Fsp3) is 0.227. The second-order valence-electron chi connectivity index (χ2n) is 7.18. The molecule has 0 aromatic heterocycles. The van der Waals surface area contributed by atoms with Crippen molar-refractivity contribution in [1.82, 2.24) is 0 Å². The molecular formula is C22H19FN2O3. The molecule has 0 bridgehead atoms. The Labute approximate surface area is 161 Å². The molecule has 2 aromatic carbocycles. The number of nitrogens with one attached hydrogen (secondary N) is 1. The smallest absolute Gasteiger partial charge is 0.255 e. The minimum Gasteiger partial charge on any atom is -0.322 e. The Hall–Kier alpha value is -3.28. The Morgan fingerprint density at radius 2 is 1.86 bits per heavy atom. The molecule has 0 saturated carbocycles. The molecule has 142 valence electrons. The SMILES string of the molecule is C[C@@H]1C=CC[C@@H]2C(=O)N(c3cccc(C(=O)Nc4ccc(F)cc4)c3)C(=O)[C@@H]12. The third-order valence-electron chi connectivity index (χ3n) is 5.34. The fourth-order valence-electron chi connectivity index (χ4n) is 3.92. The van der Waals surface area contributed by atoms with Gasteiger partial charge in [-0.2, -0.15) is 0 Å². The van der Waals surface area contributed by atoms with Crippen molar-refractivity contribution in [1.29, 1.82) is 0 Å². The lowest BCUT2D eigenvalue weighted by atomic mass is 9.78. The summed E-state index contributed by atoms with van der Waals surface area (Å²) in [4.78, 5) is 39.5. The van der Waals surface area contributed by atoms with E-state index in [0.717, 1.165) is 0 Å². The number of halogens is 1. The molecular weight excluding hydrogens is 359 g/mol. The Kier molecular flexibility index (Phi) is 4.55. The predicted molar refractivity (Wildman–Crippen MR) is 103 cm³/mol. The number of hydrogen-bond donors (Lipinski definition) is 1. The number of benzene rings is 2. The highest BCUT2D eigenvalue weighted by molar-refractivity contribution is 6.22. The van der Waals surface area contributed by atoms with Gasteiger partial charge in [0.25, 0.3) is 5.91 Å². The van der Waals surface area contributed by atoms with Gasteiger partial charge < -0.3 is 5.32 Å². The van der Waals surface area contributed by atoms with Gasteiger partial charge >= 0.3 is 0 Å². The quantitative estimate of drug-likeness (QED) is 0.653. The molecule has 2 aliphatic rings. The van der Waals surface area contributed by atoms with Crippen molar-refractivity contribution < 1.29 is 18.8 Å². The first-order valence-corrected chi connectivity index (χ1v) is 9.17. The van der Waals surface area contributed by atoms with Crippen LogP contribution in [0.5, 0.6) is 0 Å². The van der Waals surface area contributed by atoms with Crippen LogP contribution >= 0.6 is 0 Å². The standard InChI is InChI=1S/C22H19FN2O3/c1-13-4-2-7-18-19(13)22(28)25(21(18)27)17-6-3-5-14(12-17)20(26)24-16-10-8-15(23)9-11-16/h2-6,8-13,18-19H,7H2,1H3,(H,24,26)/t13-,18+,19+/m1/s1. The van der Waals surface area contributed by atoms with Gasteiger partial charge in [-0.05, 0) is 54.8 Å². The molecule has 0 radical (unpaired) electrons. The van der Waals surface area contributed by atoms with Crippen molar-refractivity contribution in [3.8, 4) is 0 Å². The van der Waals surface area contributed by atoms with E-state index in [-0.39, 0.29) is 29.6 Å². The molecule has 0 unspecified atom stereocenters. The Morgan fingerprint density at radius 1 is 1.11 bits per heavy atom. The van der Waals surface area contributed by atoms with E-state index in [1.165, 1.54) is 35.2 Å². The number of carbonyl (C=O) groups excluding carboxylic acids is 3. The zero-order valence-electron chi connectivity index (χ0n) is 15.3. The van der Waals surface area contributed by atoms with Gasteiger partial charge in [-0.25, -0.2) is 4.39 Å². The second kappa shape index (κ2) is 7.03. The minimum absolute atomic E-state index is 0.00478. The van der Waals surface area contributed by atoms with Gasteiger partial charge in [0.2, 0.25) is 11.8 Å². The summed E-state index contributed by atoms with van der Waals surface area (Å²) < 4.78 is 13.0. The van der Waals surface area contributed by atoms with Crippen LogP contribution in [0, 0.1) is 23.6 Å². The van der Waals surface area contributed by atoms with Crippen LogP contribution in [-0.4, -0.2) is 17.7 Å². The number of allylic oxidation sites excluding steroid dienone is 2. The van der Waals surface area contributed by atoms with Gasteiger partial charge in [-0.15, -0.1) is 0 Å². The summed E-state index contributed by atoms with van der Waals surface area (Å²) in [7, 11) is 0. The summed E-state index contributed by atoms with van der Waals surface area (Å²) in [6.45, 7) is 1.94. The Morgan fingerprint density at radius 3 is 2.57 bits per heavy atom. The van der Waals surface area contributed by atoms with E-state index in [9.17, 15) is 18.8 Å². The van der Waals surface area contributed by atoms with Crippen LogP contribution in [-0.2, 0) is 9.59 Å². The van der Waals surface area contributed by atoms with E-state index in [0.29, 0.717) is 23.4 Å². The van der Waals surface area contributed by atoms with Crippen LogP contribution in [0.2, 0.25) is 0 Å². The average molecular weight is 378 g/mol. The lowest BCUT2D eigenvalue weighted by Gasteiger charge is -2.22. The number of amides is 3. The average Bonchev–Trinajstić information content (AvgIpc) is 2.95. The van der Waals surface area contributed by atoms with Gasteiger partial charge in [0.15, 0.2) is 0 Å². The van der Waals surface area contributed by atoms with E-state index < -0.39 is 11.7 Å². The number of rotatable bonds is 3. The number of nitrogens with zero attached hydrogens (tertiary/aromatic N) is 1. The third kappa shape index (κ3) is 3.11. The highest BCUT2D eigenvalue weighted by atomic mass is 19.1. The summed E-state index contributed by atoms with van der Waals surface area (Å²) in [6, 6.07) is 11.9. The van der Waals surface area contributed by atoms with Crippen LogP contribution < -0.4 is 10.2 Å². The summed E-state index contributed by atoms with van der Waals surface area (Å²) in [6.07, 6.45) is 4.48. The zero-order valence-corrected chi connectivity index (χ0v) is 15.3. The molecule has 2 aromatic rings. The van der Waals surface area contributed by atoms with Crippen molar-refractivity contribution in [2.75, 3.05) is 10.2 Å². The van der Waals surface area contributed by atoms with Crippen LogP contribution in [0.25, 0.3) is 0 Å². The topological polar surface area (TPSA) is 66.5 Å². The number of anilines is 2. The molecule has 1 aliphatic carbocycles. The molecule has 1 fully saturated rings. The third-order valence-corrected chi connectivity index (χ3v) is 5.34. The maximum absolute atomic E-state index is 13.0. The maximum Gasteiger partial charge on any atom is 0.255 e. The molecule has 28 heavy (non-hydrogen) atoms. The molecule has 0 spiro atoms. The van der Waals surface area contributed by atoms with E-state index >= 15 is 0 Å². The van der Waals surface area contributed by atoms with E-state index in [2.05, 4.69) is 5.32 Å². The molecule has 1 saturated heterocycles. The van der Waals surface area contributed by atoms with Gasteiger partial charge in [-0.1, -0.05) is 25.1 Å². The minimum atomic E-state index is -0.403. The number of imide groups is 1. The number of fused-ring (bicyclic) bond motifs is 1. The predicted octanol–water partition coefficient (Wildman–Crippen LogP) is 3.78. The summed E-state index contributed by atoms with van der Waals surface area (Å²) in [5.41, 5.74) is 1.16. The molecule has 3 atom stereocenters. The van der Waals surface area contributed by atoms with E-state index in [1.807, 2.05) is 19.1 Å². The van der Waals surface area contributed by atoms with Gasteiger partial charge in [-0.3, -0.25) is 19.3 Å². The molecule has 3 amide bonds. The van der Waals surface area contributed by atoms with Crippen molar-refractivity contribution in [3.63, 3.8) is 0 Å². The number of hydrogen-bond acceptors (Lipinski definition) is 3. The van der Waals surface area contributed by atoms with E-state index in [1.54, 1.807) is 18.2 Å². The van der Waals surface area contributed by atoms with Crippen molar-refractivity contribution >= 4 is 29.1 Å². The first kappa shape index (κ1) is 18.1. The van der Waals surface area contributed by atoms with Crippen LogP contribution in [0.1, 0.15) is 23.7 Å². The van der Waals surface area contributed by atoms with Gasteiger partial charge in [0.05, 0.1) is 17.5 Å². The first-order chi connectivity index (χ1) is 13.5. The largest absolute Gasteiger partial charge is 0.322 e. The molecule has 1 N–H and O–H groups in total. The summed E-state index contributed by atoms with van der Waals surface area (Å²) >= 11 is 0. The van der Waals surface area contributed by atoms with Crippen molar-refractivity contribution in [2.45, 2.75) is 13.3 Å². The monoisotopic (exact) mass is 378 g/mol. The van der Waals surface area contributed by atoms with Crippen LogP contribution in [0.3, 0.4) is 0 Å². The van der Waals surface area contributed by atoms with Crippen molar-refractivity contribution in [3.05, 3.63) is 72.1 Å². The summed E-state index contributed by atoms with van der Waals surface area (Å²) in [5, 5.41) is 2.68. The lowest BCUT2D eigenvalue weighted by molar-refractivity contribution is -0.122. The molecule has 4 rings (SSSR count). The maximum atomic E-state index is 13.0. The Bertz CT molecular complexity index is 984. The highest BCUT2D eigenvalue weighted by Crippen LogP contribution is 2.40. The van der Waals surface area contributed by atoms with Crippen molar-refractivity contribution in [2.24, 2.45) is 17.8 Å². The Balaban J connectivity index is 1.58. The van der Waals surface area contributed by atoms with Gasteiger partial charge in [0, 0.05) is 11.3 Å². The number of carbonyl (C=O) groups is 3. The van der Waals surface area contributed by atoms with Gasteiger partial charge in [0.1, 0.15) is 5.82 Å². The van der Waals surface area contributed by atoms with E-state index in [4.69, 9.17) is 0 Å². The molecule has 5 nitrogen and oxygen atoms in total. The molecule has 1 heterocycles. The lowest BCUT2D eigenvalue weighted by Crippen LogP contribution is -2.31.